The molecular formula is C13H21NO4. The van der Waals surface area contributed by atoms with Crippen LogP contribution in [0.4, 0.5) is 0 Å². The molecule has 0 aromatic rings. The van der Waals surface area contributed by atoms with Crippen molar-refractivity contribution < 1.29 is 19.4 Å². The van der Waals surface area contributed by atoms with E-state index in [0.29, 0.717) is 38.9 Å². The molecule has 0 bridgehead atoms. The van der Waals surface area contributed by atoms with Gasteiger partial charge in [-0.3, -0.25) is 9.59 Å². The normalized spacial score (nSPS) is 36.3. The van der Waals surface area contributed by atoms with Gasteiger partial charge in [-0.1, -0.05) is 0 Å². The Morgan fingerprint density at radius 3 is 2.33 bits per heavy atom. The minimum absolute atomic E-state index is 0.0296. The van der Waals surface area contributed by atoms with Gasteiger partial charge in [-0.15, -0.1) is 0 Å². The van der Waals surface area contributed by atoms with Crippen molar-refractivity contribution in [2.75, 3.05) is 13.2 Å². The van der Waals surface area contributed by atoms with Gasteiger partial charge in [0.25, 0.3) is 0 Å². The molecule has 1 atom stereocenters. The Bertz CT molecular complexity index is 328. The van der Waals surface area contributed by atoms with Gasteiger partial charge < -0.3 is 15.2 Å². The summed E-state index contributed by atoms with van der Waals surface area (Å²) in [5.41, 5.74) is -0.235. The first kappa shape index (κ1) is 13.3. The average Bonchev–Trinajstić information content (AvgIpc) is 2.76. The summed E-state index contributed by atoms with van der Waals surface area (Å²) in [7, 11) is 0. The third-order valence-electron chi connectivity index (χ3n) is 4.09. The minimum Gasteiger partial charge on any atom is -0.481 e. The van der Waals surface area contributed by atoms with Crippen molar-refractivity contribution in [3.05, 3.63) is 0 Å². The molecule has 0 radical (unpaired) electrons. The van der Waals surface area contributed by atoms with E-state index < -0.39 is 5.97 Å². The first-order valence-electron chi connectivity index (χ1n) is 6.63. The average molecular weight is 255 g/mol. The summed E-state index contributed by atoms with van der Waals surface area (Å²) in [5.74, 6) is -0.964. The Morgan fingerprint density at radius 1 is 1.22 bits per heavy atom. The molecule has 2 N–H and O–H groups in total. The number of hydrogen-bond acceptors (Lipinski definition) is 3. The van der Waals surface area contributed by atoms with Gasteiger partial charge in [0.05, 0.1) is 18.1 Å². The van der Waals surface area contributed by atoms with Crippen LogP contribution in [0.5, 0.6) is 0 Å². The molecule has 0 spiro atoms. The van der Waals surface area contributed by atoms with Gasteiger partial charge in [-0.2, -0.15) is 0 Å². The molecule has 0 aromatic heterocycles. The van der Waals surface area contributed by atoms with Crippen LogP contribution in [0.3, 0.4) is 0 Å². The number of carboxylic acids is 1. The Balaban J connectivity index is 1.82. The molecule has 1 aliphatic heterocycles. The van der Waals surface area contributed by atoms with Crippen molar-refractivity contribution in [3.8, 4) is 0 Å². The summed E-state index contributed by atoms with van der Waals surface area (Å²) in [6, 6.07) is 0. The van der Waals surface area contributed by atoms with Gasteiger partial charge in [0.1, 0.15) is 0 Å². The fraction of sp³-hybridized carbons (Fsp3) is 0.846. The van der Waals surface area contributed by atoms with Gasteiger partial charge in [-0.25, -0.2) is 0 Å². The maximum absolute atomic E-state index is 12.1. The van der Waals surface area contributed by atoms with Crippen molar-refractivity contribution in [1.29, 1.82) is 0 Å². The van der Waals surface area contributed by atoms with E-state index in [1.165, 1.54) is 0 Å². The number of aliphatic carboxylic acids is 1. The van der Waals surface area contributed by atoms with Crippen LogP contribution in [0.2, 0.25) is 0 Å². The van der Waals surface area contributed by atoms with E-state index in [1.807, 2.05) is 6.92 Å². The molecular weight excluding hydrogens is 234 g/mol. The predicted molar refractivity (Wildman–Crippen MR) is 65.1 cm³/mol. The highest BCUT2D eigenvalue weighted by Gasteiger charge is 2.35. The molecule has 2 fully saturated rings. The van der Waals surface area contributed by atoms with E-state index in [9.17, 15) is 9.59 Å². The van der Waals surface area contributed by atoms with Crippen molar-refractivity contribution in [3.63, 3.8) is 0 Å². The van der Waals surface area contributed by atoms with Crippen molar-refractivity contribution in [1.82, 2.24) is 5.32 Å². The molecule has 0 aromatic carbocycles. The zero-order valence-corrected chi connectivity index (χ0v) is 10.8. The smallest absolute Gasteiger partial charge is 0.306 e. The molecule has 5 nitrogen and oxygen atoms in total. The molecule has 18 heavy (non-hydrogen) atoms. The van der Waals surface area contributed by atoms with E-state index in [-0.39, 0.29) is 23.3 Å². The van der Waals surface area contributed by atoms with E-state index in [0.717, 1.165) is 6.42 Å². The van der Waals surface area contributed by atoms with Crippen LogP contribution >= 0.6 is 0 Å². The van der Waals surface area contributed by atoms with Crippen molar-refractivity contribution in [2.24, 2.45) is 11.8 Å². The lowest BCUT2D eigenvalue weighted by atomic mass is 9.81. The lowest BCUT2D eigenvalue weighted by Crippen LogP contribution is -2.49. The highest BCUT2D eigenvalue weighted by Crippen LogP contribution is 2.30. The number of carbonyl (C=O) groups is 2. The number of nitrogens with one attached hydrogen (secondary N) is 1. The Morgan fingerprint density at radius 2 is 1.83 bits per heavy atom. The second-order valence-corrected chi connectivity index (χ2v) is 5.74. The Labute approximate surface area is 107 Å². The molecule has 1 amide bonds. The van der Waals surface area contributed by atoms with Crippen LogP contribution < -0.4 is 5.32 Å². The fourth-order valence-corrected chi connectivity index (χ4v) is 2.77. The Kier molecular flexibility index (Phi) is 3.90. The number of carbonyl (C=O) groups excluding carboxylic acids is 1. The molecule has 2 rings (SSSR count). The number of rotatable bonds is 3. The predicted octanol–water partition coefficient (Wildman–Crippen LogP) is 1.17. The molecule has 1 saturated carbocycles. The van der Waals surface area contributed by atoms with Gasteiger partial charge in [-0.05, 0) is 39.0 Å². The largest absolute Gasteiger partial charge is 0.481 e. The van der Waals surface area contributed by atoms with Crippen LogP contribution in [0.25, 0.3) is 0 Å². The van der Waals surface area contributed by atoms with Crippen LogP contribution in [0, 0.1) is 11.8 Å². The van der Waals surface area contributed by atoms with E-state index in [2.05, 4.69) is 5.32 Å². The molecule has 2 aliphatic rings. The number of carboxylic acid groups (broad SMARTS) is 1. The summed E-state index contributed by atoms with van der Waals surface area (Å²) in [5, 5.41) is 12.0. The monoisotopic (exact) mass is 255 g/mol. The van der Waals surface area contributed by atoms with Crippen molar-refractivity contribution >= 4 is 11.9 Å². The third kappa shape index (κ3) is 3.02. The topological polar surface area (TPSA) is 75.6 Å². The minimum atomic E-state index is -0.731. The first-order chi connectivity index (χ1) is 8.50. The lowest BCUT2D eigenvalue weighted by Gasteiger charge is -2.30. The van der Waals surface area contributed by atoms with Crippen LogP contribution in [0.1, 0.15) is 39.0 Å². The van der Waals surface area contributed by atoms with Crippen LogP contribution in [-0.4, -0.2) is 35.7 Å². The maximum Gasteiger partial charge on any atom is 0.306 e. The van der Waals surface area contributed by atoms with E-state index in [4.69, 9.17) is 9.84 Å². The Hall–Kier alpha value is -1.10. The third-order valence-corrected chi connectivity index (χ3v) is 4.09. The lowest BCUT2D eigenvalue weighted by molar-refractivity contribution is -0.144. The second kappa shape index (κ2) is 5.26. The second-order valence-electron chi connectivity index (χ2n) is 5.74. The first-order valence-corrected chi connectivity index (χ1v) is 6.63. The molecule has 1 aliphatic carbocycles. The van der Waals surface area contributed by atoms with Gasteiger partial charge in [0, 0.05) is 12.5 Å². The highest BCUT2D eigenvalue weighted by molar-refractivity contribution is 5.80. The number of ether oxygens (including phenoxy) is 1. The summed E-state index contributed by atoms with van der Waals surface area (Å²) in [6.07, 6.45) is 3.43. The van der Waals surface area contributed by atoms with Gasteiger partial charge in [0.2, 0.25) is 5.91 Å². The summed E-state index contributed by atoms with van der Waals surface area (Å²) in [4.78, 5) is 23.0. The summed E-state index contributed by atoms with van der Waals surface area (Å²) < 4.78 is 5.30. The van der Waals surface area contributed by atoms with E-state index >= 15 is 0 Å². The zero-order chi connectivity index (χ0) is 13.2. The quantitative estimate of drug-likeness (QED) is 0.794. The fourth-order valence-electron chi connectivity index (χ4n) is 2.77. The van der Waals surface area contributed by atoms with Gasteiger partial charge >= 0.3 is 5.97 Å². The molecule has 1 unspecified atom stereocenters. The molecule has 1 heterocycles. The molecule has 5 heteroatoms. The standard InChI is InChI=1S/C13H21NO4/c1-13(6-7-18-8-13)14-11(15)9-2-4-10(5-3-9)12(16)17/h9-10H,2-8H2,1H3,(H,14,15)(H,16,17). The van der Waals surface area contributed by atoms with Crippen LogP contribution in [0.15, 0.2) is 0 Å². The number of amides is 1. The zero-order valence-electron chi connectivity index (χ0n) is 10.8. The van der Waals surface area contributed by atoms with Gasteiger partial charge in [0.15, 0.2) is 0 Å². The van der Waals surface area contributed by atoms with E-state index in [1.54, 1.807) is 0 Å². The summed E-state index contributed by atoms with van der Waals surface area (Å²) in [6.45, 7) is 3.27. The van der Waals surface area contributed by atoms with Crippen molar-refractivity contribution in [2.45, 2.75) is 44.6 Å². The number of hydrogen-bond donors (Lipinski definition) is 2. The SMILES string of the molecule is CC1(NC(=O)C2CCC(C(=O)O)CC2)CCOC1. The highest BCUT2D eigenvalue weighted by atomic mass is 16.5. The van der Waals surface area contributed by atoms with Crippen LogP contribution in [-0.2, 0) is 14.3 Å². The molecule has 1 saturated heterocycles. The molecule has 102 valence electrons. The maximum atomic E-state index is 12.1. The summed E-state index contributed by atoms with van der Waals surface area (Å²) >= 11 is 0.